The Morgan fingerprint density at radius 3 is 3.04 bits per heavy atom. The molecule has 0 aliphatic carbocycles. The van der Waals surface area contributed by atoms with Crippen LogP contribution in [0.1, 0.15) is 30.4 Å². The smallest absolute Gasteiger partial charge is 0.293 e. The summed E-state index contributed by atoms with van der Waals surface area (Å²) in [5.74, 6) is 0.148. The zero-order chi connectivity index (χ0) is 19.6. The third-order valence-electron chi connectivity index (χ3n) is 5.32. The van der Waals surface area contributed by atoms with Crippen LogP contribution in [0.3, 0.4) is 0 Å². The summed E-state index contributed by atoms with van der Waals surface area (Å²) in [7, 11) is 0. The van der Waals surface area contributed by atoms with Crippen molar-refractivity contribution in [1.29, 1.82) is 0 Å². The van der Waals surface area contributed by atoms with Gasteiger partial charge in [-0.05, 0) is 48.7 Å². The van der Waals surface area contributed by atoms with E-state index in [1.165, 1.54) is 12.1 Å². The molecule has 6 nitrogen and oxygen atoms in total. The van der Waals surface area contributed by atoms with E-state index >= 15 is 0 Å². The van der Waals surface area contributed by atoms with Gasteiger partial charge in [0.2, 0.25) is 0 Å². The fourth-order valence-corrected chi connectivity index (χ4v) is 4.09. The molecule has 2 aliphatic heterocycles. The molecule has 28 heavy (non-hydrogen) atoms. The van der Waals surface area contributed by atoms with Crippen LogP contribution in [-0.2, 0) is 16.1 Å². The summed E-state index contributed by atoms with van der Waals surface area (Å²) in [5, 5.41) is 12.9. The van der Waals surface area contributed by atoms with Crippen molar-refractivity contribution in [1.82, 2.24) is 0 Å². The molecule has 2 aliphatic rings. The number of nitrogens with zero attached hydrogens (tertiary/aromatic N) is 2. The third-order valence-corrected chi connectivity index (χ3v) is 5.32. The van der Waals surface area contributed by atoms with Crippen molar-refractivity contribution in [2.45, 2.75) is 31.5 Å². The molecule has 7 heteroatoms. The summed E-state index contributed by atoms with van der Waals surface area (Å²) < 4.78 is 24.8. The van der Waals surface area contributed by atoms with E-state index in [4.69, 9.17) is 9.47 Å². The highest BCUT2D eigenvalue weighted by Gasteiger charge is 2.43. The molecule has 1 saturated heterocycles. The van der Waals surface area contributed by atoms with Gasteiger partial charge in [-0.3, -0.25) is 4.79 Å². The number of fused-ring (bicyclic) bond motifs is 1. The van der Waals surface area contributed by atoms with Gasteiger partial charge in [-0.1, -0.05) is 17.3 Å². The molecule has 146 valence electrons. The maximum atomic E-state index is 13.6. The molecular formula is C21H21FN2O4. The van der Waals surface area contributed by atoms with Crippen LogP contribution in [0.15, 0.2) is 47.6 Å². The summed E-state index contributed by atoms with van der Waals surface area (Å²) in [6, 6.07) is 12.1. The minimum absolute atomic E-state index is 0.229. The molecule has 2 heterocycles. The summed E-state index contributed by atoms with van der Waals surface area (Å²) >= 11 is 0. The second-order valence-corrected chi connectivity index (χ2v) is 7.25. The van der Waals surface area contributed by atoms with Crippen molar-refractivity contribution >= 4 is 17.9 Å². The van der Waals surface area contributed by atoms with E-state index in [1.807, 2.05) is 24.3 Å². The lowest BCUT2D eigenvalue weighted by molar-refractivity contribution is -0.129. The van der Waals surface area contributed by atoms with Crippen LogP contribution in [0.25, 0.3) is 0 Å². The predicted octanol–water partition coefficient (Wildman–Crippen LogP) is 3.50. The van der Waals surface area contributed by atoms with E-state index in [-0.39, 0.29) is 12.4 Å². The minimum Gasteiger partial charge on any atom is -0.484 e. The largest absolute Gasteiger partial charge is 0.484 e. The second kappa shape index (κ2) is 7.50. The highest BCUT2D eigenvalue weighted by atomic mass is 19.1. The summed E-state index contributed by atoms with van der Waals surface area (Å²) in [6.07, 6.45) is 2.13. The molecule has 2 aromatic carbocycles. The first-order valence-corrected chi connectivity index (χ1v) is 9.21. The van der Waals surface area contributed by atoms with Gasteiger partial charge in [0.25, 0.3) is 6.47 Å². The van der Waals surface area contributed by atoms with Crippen molar-refractivity contribution in [3.63, 3.8) is 0 Å². The molecule has 4 rings (SSSR count). The topological polar surface area (TPSA) is 71.4 Å². The fraction of sp³-hybridized carbons (Fsp3) is 0.333. The van der Waals surface area contributed by atoms with Crippen LogP contribution in [0.5, 0.6) is 5.75 Å². The molecule has 0 saturated carbocycles. The van der Waals surface area contributed by atoms with Crippen LogP contribution in [-0.4, -0.2) is 36.1 Å². The summed E-state index contributed by atoms with van der Waals surface area (Å²) in [5.41, 5.74) is 2.32. The van der Waals surface area contributed by atoms with E-state index in [0.717, 1.165) is 30.6 Å². The molecule has 0 aromatic heterocycles. The first kappa shape index (κ1) is 18.3. The normalized spacial score (nSPS) is 22.6. The lowest BCUT2D eigenvalue weighted by atomic mass is 9.83. The Hall–Kier alpha value is -3.09. The average molecular weight is 384 g/mol. The van der Waals surface area contributed by atoms with Crippen LogP contribution in [0.2, 0.25) is 0 Å². The minimum atomic E-state index is -0.542. The number of halogens is 1. The van der Waals surface area contributed by atoms with E-state index in [2.05, 4.69) is 10.1 Å². The maximum absolute atomic E-state index is 13.6. The number of piperidine rings is 1. The van der Waals surface area contributed by atoms with Gasteiger partial charge in [0.15, 0.2) is 0 Å². The molecule has 0 amide bonds. The van der Waals surface area contributed by atoms with E-state index < -0.39 is 5.60 Å². The number of rotatable bonds is 4. The predicted molar refractivity (Wildman–Crippen MR) is 101 cm³/mol. The zero-order valence-electron chi connectivity index (χ0n) is 15.3. The van der Waals surface area contributed by atoms with Crippen molar-refractivity contribution in [2.24, 2.45) is 5.16 Å². The van der Waals surface area contributed by atoms with Crippen molar-refractivity contribution in [3.8, 4) is 5.75 Å². The van der Waals surface area contributed by atoms with E-state index in [1.54, 1.807) is 6.07 Å². The number of hydrogen-bond acceptors (Lipinski definition) is 6. The van der Waals surface area contributed by atoms with Crippen molar-refractivity contribution in [2.75, 3.05) is 18.0 Å². The molecular weight excluding hydrogens is 363 g/mol. The molecule has 0 radical (unpaired) electrons. The van der Waals surface area contributed by atoms with Crippen molar-refractivity contribution in [3.05, 3.63) is 59.4 Å². The molecule has 1 fully saturated rings. The van der Waals surface area contributed by atoms with Gasteiger partial charge in [-0.15, -0.1) is 0 Å². The average Bonchev–Trinajstić information content (AvgIpc) is 2.72. The molecule has 1 unspecified atom stereocenters. The highest BCUT2D eigenvalue weighted by Crippen LogP contribution is 2.40. The van der Waals surface area contributed by atoms with Gasteiger partial charge in [0.05, 0.1) is 12.3 Å². The van der Waals surface area contributed by atoms with Gasteiger partial charge in [0.1, 0.15) is 23.8 Å². The molecule has 1 spiro atoms. The highest BCUT2D eigenvalue weighted by molar-refractivity contribution is 6.04. The first-order valence-electron chi connectivity index (χ1n) is 9.21. The standard InChI is InChI=1S/C21H21FN2O4/c22-16-5-6-20-18(10-16)19(23-26)11-21(28-20)7-2-8-24(13-21)17-4-1-3-15(9-17)12-27-14-25/h1,3-6,9-10,14,26H,2,7-8,11-13H2/b23-19-. The number of anilines is 1. The summed E-state index contributed by atoms with van der Waals surface area (Å²) in [4.78, 5) is 12.7. The Morgan fingerprint density at radius 1 is 1.32 bits per heavy atom. The SMILES string of the molecule is O=COCc1cccc(N2CCCC3(C/C(=N/O)c4cc(F)ccc4O3)C2)c1. The number of oxime groups is 1. The van der Waals surface area contributed by atoms with E-state index in [9.17, 15) is 14.4 Å². The molecule has 2 aromatic rings. The molecule has 1 N–H and O–H groups in total. The fourth-order valence-electron chi connectivity index (χ4n) is 4.09. The lowest BCUT2D eigenvalue weighted by Gasteiger charge is -2.46. The number of ether oxygens (including phenoxy) is 2. The Morgan fingerprint density at radius 2 is 2.21 bits per heavy atom. The van der Waals surface area contributed by atoms with Gasteiger partial charge in [0, 0.05) is 24.2 Å². The number of hydrogen-bond donors (Lipinski definition) is 1. The first-order chi connectivity index (χ1) is 13.6. The van der Waals surface area contributed by atoms with Crippen LogP contribution in [0.4, 0.5) is 10.1 Å². The second-order valence-electron chi connectivity index (χ2n) is 7.25. The number of benzene rings is 2. The Kier molecular flexibility index (Phi) is 4.90. The quantitative estimate of drug-likeness (QED) is 0.496. The Bertz CT molecular complexity index is 917. The van der Waals surface area contributed by atoms with Crippen LogP contribution in [0, 0.1) is 5.82 Å². The maximum Gasteiger partial charge on any atom is 0.293 e. The van der Waals surface area contributed by atoms with Crippen LogP contribution < -0.4 is 9.64 Å². The van der Waals surface area contributed by atoms with Crippen molar-refractivity contribution < 1.29 is 23.9 Å². The van der Waals surface area contributed by atoms with Crippen LogP contribution >= 0.6 is 0 Å². The number of carbonyl (C=O) groups excluding carboxylic acids is 1. The van der Waals surface area contributed by atoms with Gasteiger partial charge >= 0.3 is 0 Å². The molecule has 0 bridgehead atoms. The molecule has 1 atom stereocenters. The lowest BCUT2D eigenvalue weighted by Crippen LogP contribution is -2.54. The third kappa shape index (κ3) is 3.52. The van der Waals surface area contributed by atoms with Gasteiger partial charge in [-0.25, -0.2) is 4.39 Å². The van der Waals surface area contributed by atoms with Gasteiger partial charge < -0.3 is 19.6 Å². The Balaban J connectivity index is 1.60. The Labute approximate surface area is 162 Å². The van der Waals surface area contributed by atoms with E-state index in [0.29, 0.717) is 36.5 Å². The zero-order valence-corrected chi connectivity index (χ0v) is 15.3. The summed E-state index contributed by atoms with van der Waals surface area (Å²) in [6.45, 7) is 2.15. The monoisotopic (exact) mass is 384 g/mol. The van der Waals surface area contributed by atoms with Gasteiger partial charge in [-0.2, -0.15) is 0 Å². The number of carbonyl (C=O) groups is 1.